The third-order valence-electron chi connectivity index (χ3n) is 4.20. The van der Waals surface area contributed by atoms with Gasteiger partial charge in [-0.3, -0.25) is 4.79 Å². The number of aryl methyl sites for hydroxylation is 1. The Morgan fingerprint density at radius 1 is 1.43 bits per heavy atom. The van der Waals surface area contributed by atoms with Crippen LogP contribution in [0.15, 0.2) is 6.07 Å². The Labute approximate surface area is 124 Å². The smallest absolute Gasteiger partial charge is 0.223 e. The summed E-state index contributed by atoms with van der Waals surface area (Å²) in [6, 6.07) is 2.20. The second kappa shape index (κ2) is 5.85. The Morgan fingerprint density at radius 3 is 3.05 bits per heavy atom. The van der Waals surface area contributed by atoms with E-state index >= 15 is 0 Å². The molecule has 7 nitrogen and oxygen atoms in total. The van der Waals surface area contributed by atoms with Crippen LogP contribution in [-0.4, -0.2) is 46.5 Å². The molecule has 0 saturated carbocycles. The Morgan fingerprint density at radius 2 is 2.29 bits per heavy atom. The van der Waals surface area contributed by atoms with Gasteiger partial charge in [-0.2, -0.15) is 0 Å². The maximum atomic E-state index is 11.7. The van der Waals surface area contributed by atoms with Crippen LogP contribution in [0.5, 0.6) is 0 Å². The monoisotopic (exact) mass is 290 g/mol. The van der Waals surface area contributed by atoms with Crippen molar-refractivity contribution in [3.63, 3.8) is 0 Å². The molecule has 3 heterocycles. The highest BCUT2D eigenvalue weighted by molar-refractivity contribution is 5.79. The molecule has 0 spiro atoms. The van der Waals surface area contributed by atoms with E-state index in [1.165, 1.54) is 0 Å². The van der Waals surface area contributed by atoms with Gasteiger partial charge in [-0.15, -0.1) is 0 Å². The molecule has 2 aliphatic heterocycles. The van der Waals surface area contributed by atoms with Gasteiger partial charge in [0.15, 0.2) is 0 Å². The normalized spacial score (nSPS) is 21.6. The molecule has 7 heteroatoms. The van der Waals surface area contributed by atoms with E-state index in [4.69, 9.17) is 5.84 Å². The van der Waals surface area contributed by atoms with Crippen LogP contribution in [0, 0.1) is 0 Å². The van der Waals surface area contributed by atoms with Gasteiger partial charge in [-0.25, -0.2) is 15.8 Å². The number of piperazine rings is 1. The molecule has 21 heavy (non-hydrogen) atoms. The highest BCUT2D eigenvalue weighted by Crippen LogP contribution is 2.26. The van der Waals surface area contributed by atoms with Crippen molar-refractivity contribution in [3.05, 3.63) is 11.9 Å². The number of aromatic nitrogens is 2. The van der Waals surface area contributed by atoms with Gasteiger partial charge in [0.25, 0.3) is 0 Å². The number of fused-ring (bicyclic) bond motifs is 1. The first kappa shape index (κ1) is 14.1. The molecule has 0 bridgehead atoms. The predicted molar refractivity (Wildman–Crippen MR) is 80.8 cm³/mol. The molecule has 0 aliphatic carbocycles. The third-order valence-corrected chi connectivity index (χ3v) is 4.20. The number of hydrogen-bond acceptors (Lipinski definition) is 6. The van der Waals surface area contributed by atoms with E-state index in [1.54, 1.807) is 0 Å². The summed E-state index contributed by atoms with van der Waals surface area (Å²) in [6.45, 7) is 4.55. The highest BCUT2D eigenvalue weighted by Gasteiger charge is 2.35. The van der Waals surface area contributed by atoms with Gasteiger partial charge in [-0.05, 0) is 12.8 Å². The Bertz CT molecular complexity index is 534. The molecule has 1 aromatic rings. The first-order valence-corrected chi connectivity index (χ1v) is 7.60. The zero-order valence-electron chi connectivity index (χ0n) is 12.4. The number of anilines is 2. The lowest BCUT2D eigenvalue weighted by Crippen LogP contribution is -2.51. The van der Waals surface area contributed by atoms with E-state index < -0.39 is 0 Å². The fourth-order valence-electron chi connectivity index (χ4n) is 3.13. The second-order valence-corrected chi connectivity index (χ2v) is 5.65. The minimum Gasteiger partial charge on any atom is -0.353 e. The summed E-state index contributed by atoms with van der Waals surface area (Å²) in [7, 11) is 0. The van der Waals surface area contributed by atoms with Crippen molar-refractivity contribution < 1.29 is 4.79 Å². The second-order valence-electron chi connectivity index (χ2n) is 5.65. The van der Waals surface area contributed by atoms with Gasteiger partial charge < -0.3 is 15.2 Å². The Balaban J connectivity index is 1.80. The molecule has 3 rings (SSSR count). The van der Waals surface area contributed by atoms with E-state index in [0.29, 0.717) is 24.2 Å². The lowest BCUT2D eigenvalue weighted by molar-refractivity contribution is -0.129. The molecule has 1 atom stereocenters. The minimum atomic E-state index is 0.290. The van der Waals surface area contributed by atoms with Crippen molar-refractivity contribution in [1.29, 1.82) is 0 Å². The van der Waals surface area contributed by atoms with E-state index in [9.17, 15) is 4.79 Å². The van der Waals surface area contributed by atoms with E-state index in [-0.39, 0.29) is 0 Å². The molecule has 2 fully saturated rings. The number of nitrogens with two attached hydrogens (primary N) is 1. The molecule has 0 aromatic carbocycles. The van der Waals surface area contributed by atoms with Crippen molar-refractivity contribution in [1.82, 2.24) is 14.9 Å². The number of nitrogens with zero attached hydrogens (tertiary/aromatic N) is 4. The topological polar surface area (TPSA) is 87.4 Å². The summed E-state index contributed by atoms with van der Waals surface area (Å²) in [6.07, 6.45) is 3.46. The molecule has 1 unspecified atom stereocenters. The van der Waals surface area contributed by atoms with Crippen LogP contribution < -0.4 is 16.2 Å². The maximum Gasteiger partial charge on any atom is 0.223 e. The SMILES string of the molecule is CCCc1nc(NN)cc(N2CCN3C(=O)CCC3C2)n1. The molecule has 1 amide bonds. The first-order valence-electron chi connectivity index (χ1n) is 7.60. The minimum absolute atomic E-state index is 0.290. The van der Waals surface area contributed by atoms with Crippen LogP contribution in [0.25, 0.3) is 0 Å². The Hall–Kier alpha value is -1.89. The summed E-state index contributed by atoms with van der Waals surface area (Å²) >= 11 is 0. The van der Waals surface area contributed by atoms with Crippen LogP contribution in [0.1, 0.15) is 32.0 Å². The van der Waals surface area contributed by atoms with Gasteiger partial charge in [0.2, 0.25) is 5.91 Å². The van der Waals surface area contributed by atoms with Gasteiger partial charge in [0.05, 0.1) is 0 Å². The predicted octanol–water partition coefficient (Wildman–Crippen LogP) is 0.526. The molecule has 2 saturated heterocycles. The summed E-state index contributed by atoms with van der Waals surface area (Å²) in [5.41, 5.74) is 2.62. The number of carbonyl (C=O) groups is 1. The molecule has 2 aliphatic rings. The van der Waals surface area contributed by atoms with Crippen LogP contribution in [-0.2, 0) is 11.2 Å². The largest absolute Gasteiger partial charge is 0.353 e. The third kappa shape index (κ3) is 2.78. The molecule has 114 valence electrons. The summed E-state index contributed by atoms with van der Waals surface area (Å²) in [4.78, 5) is 25.0. The molecule has 3 N–H and O–H groups in total. The number of hydrogen-bond donors (Lipinski definition) is 2. The van der Waals surface area contributed by atoms with E-state index in [2.05, 4.69) is 27.2 Å². The average Bonchev–Trinajstić information content (AvgIpc) is 2.88. The maximum absolute atomic E-state index is 11.7. The van der Waals surface area contributed by atoms with E-state index in [1.807, 2.05) is 11.0 Å². The average molecular weight is 290 g/mol. The summed E-state index contributed by atoms with van der Waals surface area (Å²) in [5.74, 6) is 8.16. The first-order chi connectivity index (χ1) is 10.2. The fraction of sp³-hybridized carbons (Fsp3) is 0.643. The van der Waals surface area contributed by atoms with Crippen LogP contribution in [0.4, 0.5) is 11.6 Å². The standard InChI is InChI=1S/C14H22N6O/c1-2-3-11-16-12(18-15)8-13(17-11)19-6-7-20-10(9-19)4-5-14(20)21/h8,10H,2-7,9,15H2,1H3,(H,16,17,18). The van der Waals surface area contributed by atoms with Gasteiger partial charge >= 0.3 is 0 Å². The van der Waals surface area contributed by atoms with E-state index in [0.717, 1.165) is 50.5 Å². The number of amides is 1. The van der Waals surface area contributed by atoms with Crippen molar-refractivity contribution in [2.24, 2.45) is 5.84 Å². The zero-order chi connectivity index (χ0) is 14.8. The molecule has 1 aromatic heterocycles. The molecular formula is C14H22N6O. The number of rotatable bonds is 4. The lowest BCUT2D eigenvalue weighted by Gasteiger charge is -2.38. The van der Waals surface area contributed by atoms with Crippen molar-refractivity contribution in [2.75, 3.05) is 30.0 Å². The van der Waals surface area contributed by atoms with Gasteiger partial charge in [0.1, 0.15) is 17.5 Å². The highest BCUT2D eigenvalue weighted by atomic mass is 16.2. The molecule has 0 radical (unpaired) electrons. The lowest BCUT2D eigenvalue weighted by atomic mass is 10.1. The van der Waals surface area contributed by atoms with Crippen LogP contribution >= 0.6 is 0 Å². The van der Waals surface area contributed by atoms with Crippen molar-refractivity contribution in [3.8, 4) is 0 Å². The van der Waals surface area contributed by atoms with Crippen LogP contribution in [0.2, 0.25) is 0 Å². The number of nitrogen functional groups attached to an aromatic ring is 1. The number of hydrazine groups is 1. The van der Waals surface area contributed by atoms with Crippen molar-refractivity contribution in [2.45, 2.75) is 38.6 Å². The fourth-order valence-corrected chi connectivity index (χ4v) is 3.13. The molecular weight excluding hydrogens is 268 g/mol. The zero-order valence-corrected chi connectivity index (χ0v) is 12.4. The quantitative estimate of drug-likeness (QED) is 0.621. The number of carbonyl (C=O) groups excluding carboxylic acids is 1. The Kier molecular flexibility index (Phi) is 3.92. The van der Waals surface area contributed by atoms with Crippen LogP contribution in [0.3, 0.4) is 0 Å². The van der Waals surface area contributed by atoms with Gasteiger partial charge in [0, 0.05) is 44.6 Å². The van der Waals surface area contributed by atoms with Crippen molar-refractivity contribution >= 4 is 17.5 Å². The summed E-state index contributed by atoms with van der Waals surface area (Å²) in [5, 5.41) is 0. The van der Waals surface area contributed by atoms with Gasteiger partial charge in [-0.1, -0.05) is 6.92 Å². The summed E-state index contributed by atoms with van der Waals surface area (Å²) < 4.78 is 0. The number of nitrogens with one attached hydrogen (secondary N) is 1.